The molecule has 106 valence electrons. The number of hydrogen-bond donors (Lipinski definition) is 1. The summed E-state index contributed by atoms with van der Waals surface area (Å²) in [6.45, 7) is 2.87. The lowest BCUT2D eigenvalue weighted by Crippen LogP contribution is -2.17. The molecule has 1 N–H and O–H groups in total. The predicted octanol–water partition coefficient (Wildman–Crippen LogP) is 2.87. The van der Waals surface area contributed by atoms with Gasteiger partial charge in [-0.2, -0.15) is 0 Å². The minimum Gasteiger partial charge on any atom is -0.421 e. The number of hydrogen-bond acceptors (Lipinski definition) is 4. The van der Waals surface area contributed by atoms with Gasteiger partial charge in [0.2, 0.25) is 11.8 Å². The molecule has 0 bridgehead atoms. The quantitative estimate of drug-likeness (QED) is 0.824. The first-order chi connectivity index (χ1) is 9.72. The summed E-state index contributed by atoms with van der Waals surface area (Å²) in [5.41, 5.74) is 1.59. The highest BCUT2D eigenvalue weighted by Gasteiger charge is 2.19. The lowest BCUT2D eigenvalue weighted by molar-refractivity contribution is 0.490. The second-order valence-corrected chi connectivity index (χ2v) is 5.29. The summed E-state index contributed by atoms with van der Waals surface area (Å²) in [7, 11) is 0. The van der Waals surface area contributed by atoms with Crippen molar-refractivity contribution in [2.24, 2.45) is 0 Å². The van der Waals surface area contributed by atoms with Crippen molar-refractivity contribution in [1.29, 1.82) is 0 Å². The third kappa shape index (κ3) is 3.22. The molecular weight excluding hydrogens is 257 g/mol. The SMILES string of the molecule is Cc1ccc(F)cc1-c1nnc(CCCNC2CC2)o1. The predicted molar refractivity (Wildman–Crippen MR) is 73.8 cm³/mol. The van der Waals surface area contributed by atoms with Gasteiger partial charge >= 0.3 is 0 Å². The van der Waals surface area contributed by atoms with Crippen molar-refractivity contribution in [3.63, 3.8) is 0 Å². The smallest absolute Gasteiger partial charge is 0.248 e. The third-order valence-corrected chi connectivity index (χ3v) is 3.47. The Morgan fingerprint density at radius 1 is 1.35 bits per heavy atom. The Morgan fingerprint density at radius 2 is 2.20 bits per heavy atom. The maximum Gasteiger partial charge on any atom is 0.248 e. The molecule has 20 heavy (non-hydrogen) atoms. The van der Waals surface area contributed by atoms with Crippen molar-refractivity contribution in [3.8, 4) is 11.5 Å². The number of nitrogens with zero attached hydrogens (tertiary/aromatic N) is 2. The zero-order valence-electron chi connectivity index (χ0n) is 11.5. The summed E-state index contributed by atoms with van der Waals surface area (Å²) < 4.78 is 18.9. The van der Waals surface area contributed by atoms with Crippen LogP contribution in [-0.2, 0) is 6.42 Å². The van der Waals surface area contributed by atoms with Gasteiger partial charge in [-0.1, -0.05) is 6.07 Å². The van der Waals surface area contributed by atoms with Gasteiger partial charge in [0.05, 0.1) is 0 Å². The molecule has 5 heteroatoms. The molecule has 1 aromatic heterocycles. The molecule has 1 fully saturated rings. The van der Waals surface area contributed by atoms with Crippen LogP contribution in [0.2, 0.25) is 0 Å². The fraction of sp³-hybridized carbons (Fsp3) is 0.467. The lowest BCUT2D eigenvalue weighted by atomic mass is 10.1. The average Bonchev–Trinajstić information content (AvgIpc) is 3.15. The highest BCUT2D eigenvalue weighted by atomic mass is 19.1. The van der Waals surface area contributed by atoms with E-state index < -0.39 is 0 Å². The molecule has 3 rings (SSSR count). The van der Waals surface area contributed by atoms with Crippen LogP contribution in [0.3, 0.4) is 0 Å². The van der Waals surface area contributed by atoms with Gasteiger partial charge in [0, 0.05) is 18.0 Å². The zero-order valence-corrected chi connectivity index (χ0v) is 11.5. The Kier molecular flexibility index (Phi) is 3.78. The summed E-state index contributed by atoms with van der Waals surface area (Å²) in [5, 5.41) is 11.5. The van der Waals surface area contributed by atoms with Crippen LogP contribution in [0.4, 0.5) is 4.39 Å². The number of nitrogens with one attached hydrogen (secondary N) is 1. The molecule has 0 unspecified atom stereocenters. The lowest BCUT2D eigenvalue weighted by Gasteiger charge is -2.01. The van der Waals surface area contributed by atoms with Crippen molar-refractivity contribution in [3.05, 3.63) is 35.5 Å². The van der Waals surface area contributed by atoms with E-state index in [1.54, 1.807) is 6.07 Å². The molecule has 0 saturated heterocycles. The number of rotatable bonds is 6. The monoisotopic (exact) mass is 275 g/mol. The van der Waals surface area contributed by atoms with Gasteiger partial charge in [-0.25, -0.2) is 4.39 Å². The van der Waals surface area contributed by atoms with Gasteiger partial charge < -0.3 is 9.73 Å². The Hall–Kier alpha value is -1.75. The zero-order chi connectivity index (χ0) is 13.9. The molecule has 0 spiro atoms. The first kappa shape index (κ1) is 13.2. The summed E-state index contributed by atoms with van der Waals surface area (Å²) in [6.07, 6.45) is 4.31. The minimum atomic E-state index is -0.293. The molecule has 1 aliphatic rings. The van der Waals surface area contributed by atoms with Crippen molar-refractivity contribution in [2.75, 3.05) is 6.54 Å². The van der Waals surface area contributed by atoms with Crippen LogP contribution in [0, 0.1) is 12.7 Å². The van der Waals surface area contributed by atoms with E-state index in [4.69, 9.17) is 4.42 Å². The number of halogens is 1. The Morgan fingerprint density at radius 3 is 3.00 bits per heavy atom. The molecule has 2 aromatic rings. The number of aromatic nitrogens is 2. The van der Waals surface area contributed by atoms with E-state index >= 15 is 0 Å². The van der Waals surface area contributed by atoms with Crippen LogP contribution >= 0.6 is 0 Å². The highest BCUT2D eigenvalue weighted by molar-refractivity contribution is 5.57. The Bertz CT molecular complexity index is 593. The van der Waals surface area contributed by atoms with E-state index in [0.29, 0.717) is 17.3 Å². The molecule has 0 aliphatic heterocycles. The van der Waals surface area contributed by atoms with Gasteiger partial charge in [0.15, 0.2) is 0 Å². The first-order valence-electron chi connectivity index (χ1n) is 7.04. The maximum absolute atomic E-state index is 13.3. The Balaban J connectivity index is 1.61. The summed E-state index contributed by atoms with van der Waals surface area (Å²) in [6, 6.07) is 5.30. The van der Waals surface area contributed by atoms with Crippen molar-refractivity contribution in [2.45, 2.75) is 38.6 Å². The molecule has 0 amide bonds. The van der Waals surface area contributed by atoms with Crippen LogP contribution in [0.25, 0.3) is 11.5 Å². The standard InChI is InChI=1S/C15H18FN3O/c1-10-4-5-11(16)9-13(10)15-19-18-14(20-15)3-2-8-17-12-6-7-12/h4-5,9,12,17H,2-3,6-8H2,1H3. The van der Waals surface area contributed by atoms with Crippen LogP contribution in [0.5, 0.6) is 0 Å². The molecule has 0 radical (unpaired) electrons. The molecule has 1 heterocycles. The van der Waals surface area contributed by atoms with E-state index in [-0.39, 0.29) is 5.82 Å². The van der Waals surface area contributed by atoms with E-state index in [0.717, 1.165) is 31.0 Å². The second kappa shape index (κ2) is 5.71. The summed E-state index contributed by atoms with van der Waals surface area (Å²) >= 11 is 0. The molecule has 4 nitrogen and oxygen atoms in total. The average molecular weight is 275 g/mol. The van der Waals surface area contributed by atoms with Crippen LogP contribution in [0.15, 0.2) is 22.6 Å². The topological polar surface area (TPSA) is 51.0 Å². The van der Waals surface area contributed by atoms with Crippen LogP contribution in [-0.4, -0.2) is 22.8 Å². The van der Waals surface area contributed by atoms with Gasteiger partial charge in [-0.3, -0.25) is 0 Å². The van der Waals surface area contributed by atoms with Crippen molar-refractivity contribution >= 4 is 0 Å². The van der Waals surface area contributed by atoms with Gasteiger partial charge in [0.25, 0.3) is 0 Å². The largest absolute Gasteiger partial charge is 0.421 e. The number of aryl methyl sites for hydroxylation is 2. The maximum atomic E-state index is 13.3. The van der Waals surface area contributed by atoms with Gasteiger partial charge in [-0.05, 0) is 50.4 Å². The molecule has 1 aliphatic carbocycles. The van der Waals surface area contributed by atoms with Crippen LogP contribution < -0.4 is 5.32 Å². The fourth-order valence-electron chi connectivity index (χ4n) is 2.12. The number of benzene rings is 1. The molecule has 1 aromatic carbocycles. The molecule has 0 atom stereocenters. The van der Waals surface area contributed by atoms with E-state index in [1.165, 1.54) is 25.0 Å². The highest BCUT2D eigenvalue weighted by Crippen LogP contribution is 2.23. The van der Waals surface area contributed by atoms with Crippen molar-refractivity contribution < 1.29 is 8.81 Å². The first-order valence-corrected chi connectivity index (χ1v) is 7.04. The summed E-state index contributed by atoms with van der Waals surface area (Å²) in [5.74, 6) is 0.715. The van der Waals surface area contributed by atoms with Crippen LogP contribution in [0.1, 0.15) is 30.7 Å². The molecular formula is C15H18FN3O. The summed E-state index contributed by atoms with van der Waals surface area (Å²) in [4.78, 5) is 0. The van der Waals surface area contributed by atoms with E-state index in [2.05, 4.69) is 15.5 Å². The van der Waals surface area contributed by atoms with E-state index in [9.17, 15) is 4.39 Å². The van der Waals surface area contributed by atoms with Gasteiger partial charge in [0.1, 0.15) is 5.82 Å². The normalized spacial score (nSPS) is 14.7. The van der Waals surface area contributed by atoms with E-state index in [1.807, 2.05) is 6.92 Å². The Labute approximate surface area is 117 Å². The van der Waals surface area contributed by atoms with Gasteiger partial charge in [-0.15, -0.1) is 10.2 Å². The second-order valence-electron chi connectivity index (χ2n) is 5.29. The minimum absolute atomic E-state index is 0.293. The fourth-order valence-corrected chi connectivity index (χ4v) is 2.12. The van der Waals surface area contributed by atoms with Crippen molar-refractivity contribution in [1.82, 2.24) is 15.5 Å². The molecule has 1 saturated carbocycles. The third-order valence-electron chi connectivity index (χ3n) is 3.47.